The molecule has 0 saturated carbocycles. The van der Waals surface area contributed by atoms with Gasteiger partial charge in [-0.1, -0.05) is 0 Å². The summed E-state index contributed by atoms with van der Waals surface area (Å²) in [7, 11) is 3.19. The van der Waals surface area contributed by atoms with Crippen molar-refractivity contribution < 1.29 is 27.1 Å². The number of methoxy groups -OCH3 is 2. The molecule has 6 rings (SSSR count). The summed E-state index contributed by atoms with van der Waals surface area (Å²) in [6.45, 7) is 0. The van der Waals surface area contributed by atoms with Crippen molar-refractivity contribution in [2.75, 3.05) is 14.2 Å². The monoisotopic (exact) mass is 430 g/mol. The Hall–Kier alpha value is -4.60. The van der Waals surface area contributed by atoms with E-state index < -0.39 is 0 Å². The second-order valence-corrected chi connectivity index (χ2v) is 6.85. The number of rotatable bonds is 5. The fraction of sp³-hybridized carbons (Fsp3) is 0.0909. The highest BCUT2D eigenvalue weighted by Gasteiger charge is 2.21. The third kappa shape index (κ3) is 2.97. The molecule has 0 aliphatic carbocycles. The van der Waals surface area contributed by atoms with Crippen LogP contribution in [-0.2, 0) is 0 Å². The third-order valence-corrected chi connectivity index (χ3v) is 4.91. The number of hydrogen-bond donors (Lipinski definition) is 0. The first-order valence-corrected chi connectivity index (χ1v) is 9.53. The van der Waals surface area contributed by atoms with Gasteiger partial charge in [-0.3, -0.25) is 0 Å². The van der Waals surface area contributed by atoms with Crippen molar-refractivity contribution in [3.63, 3.8) is 0 Å². The van der Waals surface area contributed by atoms with Gasteiger partial charge in [-0.2, -0.15) is 0 Å². The fourth-order valence-electron chi connectivity index (χ4n) is 3.31. The second kappa shape index (κ2) is 6.98. The van der Waals surface area contributed by atoms with E-state index in [9.17, 15) is 0 Å². The SMILES string of the molecule is COc1ccc2cc(-c3nnc(-c4nnc(-c5cc6ccc(OC)cc6o5)o4)o3)oc2c1. The summed E-state index contributed by atoms with van der Waals surface area (Å²) >= 11 is 0. The number of furan rings is 2. The maximum atomic E-state index is 5.80. The van der Waals surface area contributed by atoms with Crippen LogP contribution in [0.4, 0.5) is 0 Å². The molecule has 0 spiro atoms. The van der Waals surface area contributed by atoms with E-state index >= 15 is 0 Å². The van der Waals surface area contributed by atoms with Crippen LogP contribution in [0, 0.1) is 0 Å². The lowest BCUT2D eigenvalue weighted by atomic mass is 10.2. The molecule has 10 heteroatoms. The number of benzene rings is 2. The maximum Gasteiger partial charge on any atom is 0.306 e. The van der Waals surface area contributed by atoms with Crippen LogP contribution in [0.1, 0.15) is 0 Å². The molecule has 0 bridgehead atoms. The molecule has 0 aliphatic rings. The average molecular weight is 430 g/mol. The number of fused-ring (bicyclic) bond motifs is 2. The Bertz CT molecular complexity index is 1460. The molecule has 158 valence electrons. The van der Waals surface area contributed by atoms with Gasteiger partial charge in [0.15, 0.2) is 11.5 Å². The van der Waals surface area contributed by atoms with Gasteiger partial charge in [0.2, 0.25) is 0 Å². The number of aromatic nitrogens is 4. The normalized spacial score (nSPS) is 11.4. The van der Waals surface area contributed by atoms with Crippen molar-refractivity contribution in [1.82, 2.24) is 20.4 Å². The molecule has 0 aliphatic heterocycles. The standard InChI is InChI=1S/C22H14N4O6/c1-27-13-5-3-11-7-17(29-15(11)9-13)19-23-25-21(31-19)22-26-24-20(32-22)18-8-12-4-6-14(28-2)10-16(12)30-18/h3-10H,1-2H3. The van der Waals surface area contributed by atoms with Crippen LogP contribution in [-0.4, -0.2) is 34.6 Å². The predicted octanol–water partition coefficient (Wildman–Crippen LogP) is 4.96. The summed E-state index contributed by atoms with van der Waals surface area (Å²) in [5.41, 5.74) is 1.28. The minimum atomic E-state index is 0.0644. The molecule has 6 aromatic rings. The number of hydrogen-bond acceptors (Lipinski definition) is 10. The van der Waals surface area contributed by atoms with Crippen LogP contribution in [0.3, 0.4) is 0 Å². The highest BCUT2D eigenvalue weighted by Crippen LogP contribution is 2.33. The van der Waals surface area contributed by atoms with Gasteiger partial charge >= 0.3 is 11.8 Å². The molecule has 4 aromatic heterocycles. The largest absolute Gasteiger partial charge is 0.497 e. The molecule has 0 fully saturated rings. The Morgan fingerprint density at radius 2 is 0.969 bits per heavy atom. The quantitative estimate of drug-likeness (QED) is 0.370. The van der Waals surface area contributed by atoms with Crippen LogP contribution in [0.15, 0.2) is 66.2 Å². The topological polar surface area (TPSA) is 123 Å². The van der Waals surface area contributed by atoms with Gasteiger partial charge in [-0.25, -0.2) is 0 Å². The fourth-order valence-corrected chi connectivity index (χ4v) is 3.31. The highest BCUT2D eigenvalue weighted by atomic mass is 16.5. The highest BCUT2D eigenvalue weighted by molar-refractivity contribution is 5.83. The van der Waals surface area contributed by atoms with Gasteiger partial charge in [-0.15, -0.1) is 20.4 Å². The van der Waals surface area contributed by atoms with Crippen LogP contribution < -0.4 is 9.47 Å². The van der Waals surface area contributed by atoms with Gasteiger partial charge in [-0.05, 0) is 36.4 Å². The van der Waals surface area contributed by atoms with Crippen molar-refractivity contribution in [3.8, 4) is 46.6 Å². The van der Waals surface area contributed by atoms with Gasteiger partial charge in [0.25, 0.3) is 11.8 Å². The first-order chi connectivity index (χ1) is 15.7. The zero-order chi connectivity index (χ0) is 21.7. The Morgan fingerprint density at radius 3 is 1.41 bits per heavy atom. The molecule has 0 N–H and O–H groups in total. The maximum absolute atomic E-state index is 5.80. The lowest BCUT2D eigenvalue weighted by Gasteiger charge is -1.96. The van der Waals surface area contributed by atoms with E-state index in [-0.39, 0.29) is 23.6 Å². The first-order valence-electron chi connectivity index (χ1n) is 9.53. The molecule has 0 saturated heterocycles. The summed E-state index contributed by atoms with van der Waals surface area (Å²) in [6.07, 6.45) is 0. The molecular formula is C22H14N4O6. The molecule has 2 aromatic carbocycles. The summed E-state index contributed by atoms with van der Waals surface area (Å²) in [5.74, 6) is 2.70. The van der Waals surface area contributed by atoms with Crippen molar-refractivity contribution in [2.45, 2.75) is 0 Å². The Labute approximate surface area is 179 Å². The zero-order valence-corrected chi connectivity index (χ0v) is 16.9. The summed E-state index contributed by atoms with van der Waals surface area (Å²) < 4.78 is 33.4. The molecule has 0 atom stereocenters. The summed E-state index contributed by atoms with van der Waals surface area (Å²) in [4.78, 5) is 0. The smallest absolute Gasteiger partial charge is 0.306 e. The molecule has 0 unspecified atom stereocenters. The lowest BCUT2D eigenvalue weighted by Crippen LogP contribution is -1.79. The van der Waals surface area contributed by atoms with Crippen LogP contribution in [0.2, 0.25) is 0 Å². The van der Waals surface area contributed by atoms with E-state index in [4.69, 9.17) is 27.1 Å². The Morgan fingerprint density at radius 1 is 0.531 bits per heavy atom. The Balaban J connectivity index is 1.31. The number of nitrogens with zero attached hydrogens (tertiary/aromatic N) is 4. The van der Waals surface area contributed by atoms with Crippen LogP contribution in [0.25, 0.3) is 57.0 Å². The van der Waals surface area contributed by atoms with Crippen LogP contribution >= 0.6 is 0 Å². The molecule has 4 heterocycles. The molecule has 32 heavy (non-hydrogen) atoms. The van der Waals surface area contributed by atoms with E-state index in [1.807, 2.05) is 24.3 Å². The molecule has 0 amide bonds. The summed E-state index contributed by atoms with van der Waals surface area (Å²) in [5, 5.41) is 17.8. The van der Waals surface area contributed by atoms with Gasteiger partial charge < -0.3 is 27.1 Å². The zero-order valence-electron chi connectivity index (χ0n) is 16.9. The molecule has 10 nitrogen and oxygen atoms in total. The predicted molar refractivity (Wildman–Crippen MR) is 111 cm³/mol. The van der Waals surface area contributed by atoms with E-state index in [2.05, 4.69) is 20.4 Å². The molecule has 0 radical (unpaired) electrons. The van der Waals surface area contributed by atoms with Crippen molar-refractivity contribution in [1.29, 1.82) is 0 Å². The second-order valence-electron chi connectivity index (χ2n) is 6.85. The average Bonchev–Trinajstić information content (AvgIpc) is 3.61. The minimum absolute atomic E-state index is 0.0644. The van der Waals surface area contributed by atoms with Crippen molar-refractivity contribution in [3.05, 3.63) is 48.5 Å². The Kier molecular flexibility index (Phi) is 3.97. The minimum Gasteiger partial charge on any atom is -0.497 e. The lowest BCUT2D eigenvalue weighted by molar-refractivity contribution is 0.414. The van der Waals surface area contributed by atoms with Crippen molar-refractivity contribution in [2.24, 2.45) is 0 Å². The third-order valence-electron chi connectivity index (χ3n) is 4.91. The van der Waals surface area contributed by atoms with E-state index in [1.165, 1.54) is 0 Å². The summed E-state index contributed by atoms with van der Waals surface area (Å²) in [6, 6.07) is 14.6. The van der Waals surface area contributed by atoms with Crippen molar-refractivity contribution >= 4 is 21.9 Å². The first kappa shape index (κ1) is 18.2. The molecular weight excluding hydrogens is 416 g/mol. The van der Waals surface area contributed by atoms with E-state index in [1.54, 1.807) is 38.5 Å². The van der Waals surface area contributed by atoms with Gasteiger partial charge in [0.1, 0.15) is 22.7 Å². The van der Waals surface area contributed by atoms with Crippen LogP contribution in [0.5, 0.6) is 11.5 Å². The van der Waals surface area contributed by atoms with Gasteiger partial charge in [0.05, 0.1) is 14.2 Å². The van der Waals surface area contributed by atoms with E-state index in [0.717, 1.165) is 10.8 Å². The van der Waals surface area contributed by atoms with Gasteiger partial charge in [0, 0.05) is 22.9 Å². The van der Waals surface area contributed by atoms with E-state index in [0.29, 0.717) is 34.2 Å². The number of ether oxygens (including phenoxy) is 2.